The number of nitrogens with one attached hydrogen (secondary N) is 1. The number of hydrogen-bond donors (Lipinski definition) is 1. The lowest BCUT2D eigenvalue weighted by Gasteiger charge is -2.20. The molecule has 0 saturated heterocycles. The molecule has 0 fully saturated rings. The Hall–Kier alpha value is -2.43. The van der Waals surface area contributed by atoms with Crippen LogP contribution in [0.3, 0.4) is 0 Å². The molecule has 1 atom stereocenters. The topological polar surface area (TPSA) is 64.0 Å². The molecule has 1 aliphatic carbocycles. The Morgan fingerprint density at radius 1 is 1.17 bits per heavy atom. The highest BCUT2D eigenvalue weighted by Crippen LogP contribution is 2.24. The van der Waals surface area contributed by atoms with Gasteiger partial charge in [0.25, 0.3) is 11.5 Å². The van der Waals surface area contributed by atoms with Crippen LogP contribution in [-0.4, -0.2) is 15.7 Å². The minimum absolute atomic E-state index is 0.103. The molecule has 1 heterocycles. The van der Waals surface area contributed by atoms with Crippen molar-refractivity contribution in [2.45, 2.75) is 38.6 Å². The summed E-state index contributed by atoms with van der Waals surface area (Å²) in [6, 6.07) is 9.17. The molecule has 3 rings (SSSR count). The first kappa shape index (κ1) is 15.5. The van der Waals surface area contributed by atoms with Gasteiger partial charge in [-0.3, -0.25) is 9.59 Å². The third-order valence-electron chi connectivity index (χ3n) is 4.41. The molecule has 23 heavy (non-hydrogen) atoms. The van der Waals surface area contributed by atoms with Crippen LogP contribution >= 0.6 is 0 Å². The summed E-state index contributed by atoms with van der Waals surface area (Å²) in [6.45, 7) is 1.96. The summed E-state index contributed by atoms with van der Waals surface area (Å²) < 4.78 is 1.17. The Morgan fingerprint density at radius 2 is 1.91 bits per heavy atom. The summed E-state index contributed by atoms with van der Waals surface area (Å²) in [5, 5.41) is 6.93. The monoisotopic (exact) mass is 311 g/mol. The van der Waals surface area contributed by atoms with Crippen LogP contribution in [0.2, 0.25) is 0 Å². The lowest BCUT2D eigenvalue weighted by atomic mass is 9.89. The molecule has 0 radical (unpaired) electrons. The van der Waals surface area contributed by atoms with E-state index < -0.39 is 0 Å². The lowest BCUT2D eigenvalue weighted by molar-refractivity contribution is 0.0932. The molecule has 0 bridgehead atoms. The minimum Gasteiger partial charge on any atom is -0.344 e. The number of carbonyl (C=O) groups excluding carboxylic acids is 1. The fourth-order valence-electron chi connectivity index (χ4n) is 3.00. The van der Waals surface area contributed by atoms with Crippen molar-refractivity contribution >= 4 is 5.91 Å². The minimum atomic E-state index is -0.272. The molecule has 1 aliphatic rings. The van der Waals surface area contributed by atoms with Crippen molar-refractivity contribution in [1.29, 1.82) is 0 Å². The van der Waals surface area contributed by atoms with Crippen LogP contribution in [0.4, 0.5) is 0 Å². The summed E-state index contributed by atoms with van der Waals surface area (Å²) in [6.07, 6.45) is 4.76. The molecule has 2 aromatic rings. The molecular formula is C18H21N3O2. The normalized spacial score (nSPS) is 14.9. The van der Waals surface area contributed by atoms with Crippen molar-refractivity contribution in [3.05, 3.63) is 63.1 Å². The van der Waals surface area contributed by atoms with Gasteiger partial charge in [0.15, 0.2) is 0 Å². The first-order valence-corrected chi connectivity index (χ1v) is 8.01. The fraction of sp³-hybridized carbons (Fsp3) is 0.389. The van der Waals surface area contributed by atoms with Gasteiger partial charge in [0.2, 0.25) is 0 Å². The number of rotatable bonds is 3. The zero-order valence-corrected chi connectivity index (χ0v) is 13.5. The molecule has 5 heteroatoms. The summed E-state index contributed by atoms with van der Waals surface area (Å²) >= 11 is 0. The fourth-order valence-corrected chi connectivity index (χ4v) is 3.00. The van der Waals surface area contributed by atoms with Gasteiger partial charge in [-0.2, -0.15) is 5.10 Å². The second-order valence-electron chi connectivity index (χ2n) is 6.11. The highest BCUT2D eigenvalue weighted by molar-refractivity contribution is 5.92. The van der Waals surface area contributed by atoms with Crippen molar-refractivity contribution < 1.29 is 4.79 Å². The van der Waals surface area contributed by atoms with Crippen LogP contribution in [0, 0.1) is 0 Å². The SMILES string of the molecule is C[C@@H](NC(=O)c1ccc(=O)n(C)n1)c1ccc2c(c1)CCCC2. The quantitative estimate of drug-likeness (QED) is 0.944. The first-order valence-electron chi connectivity index (χ1n) is 8.01. The Labute approximate surface area is 135 Å². The van der Waals surface area contributed by atoms with Crippen LogP contribution in [0.25, 0.3) is 0 Å². The second-order valence-corrected chi connectivity index (χ2v) is 6.11. The zero-order valence-electron chi connectivity index (χ0n) is 13.5. The van der Waals surface area contributed by atoms with Crippen LogP contribution in [0.5, 0.6) is 0 Å². The van der Waals surface area contributed by atoms with Gasteiger partial charge in [-0.15, -0.1) is 0 Å². The van der Waals surface area contributed by atoms with Crippen LogP contribution in [-0.2, 0) is 19.9 Å². The van der Waals surface area contributed by atoms with Gasteiger partial charge in [0, 0.05) is 13.1 Å². The maximum Gasteiger partial charge on any atom is 0.272 e. The number of benzene rings is 1. The Kier molecular flexibility index (Phi) is 4.28. The van der Waals surface area contributed by atoms with E-state index in [1.54, 1.807) is 0 Å². The average molecular weight is 311 g/mol. The molecule has 0 spiro atoms. The molecule has 120 valence electrons. The number of fused-ring (bicyclic) bond motifs is 1. The third-order valence-corrected chi connectivity index (χ3v) is 4.41. The van der Waals surface area contributed by atoms with Gasteiger partial charge in [0.1, 0.15) is 5.69 Å². The van der Waals surface area contributed by atoms with Gasteiger partial charge < -0.3 is 5.32 Å². The number of amides is 1. The molecule has 0 aliphatic heterocycles. The number of carbonyl (C=O) groups is 1. The van der Waals surface area contributed by atoms with Crippen LogP contribution in [0.15, 0.2) is 35.1 Å². The first-order chi connectivity index (χ1) is 11.0. The van der Waals surface area contributed by atoms with E-state index in [-0.39, 0.29) is 23.2 Å². The molecule has 0 unspecified atom stereocenters. The van der Waals surface area contributed by atoms with Crippen LogP contribution in [0.1, 0.15) is 53.0 Å². The molecular weight excluding hydrogens is 290 g/mol. The standard InChI is InChI=1S/C18H21N3O2/c1-12(14-8-7-13-5-3-4-6-15(13)11-14)19-18(23)16-9-10-17(22)21(2)20-16/h7-12H,3-6H2,1-2H3,(H,19,23)/t12-/m1/s1. The largest absolute Gasteiger partial charge is 0.344 e. The molecule has 0 saturated carbocycles. The van der Waals surface area contributed by atoms with Crippen molar-refractivity contribution in [3.63, 3.8) is 0 Å². The van der Waals surface area contributed by atoms with E-state index in [4.69, 9.17) is 0 Å². The van der Waals surface area contributed by atoms with E-state index in [9.17, 15) is 9.59 Å². The highest BCUT2D eigenvalue weighted by Gasteiger charge is 2.16. The summed E-state index contributed by atoms with van der Waals surface area (Å²) in [7, 11) is 1.53. The van der Waals surface area contributed by atoms with E-state index in [0.717, 1.165) is 18.4 Å². The molecule has 5 nitrogen and oxygen atoms in total. The van der Waals surface area contributed by atoms with Crippen molar-refractivity contribution in [1.82, 2.24) is 15.1 Å². The zero-order chi connectivity index (χ0) is 16.4. The van der Waals surface area contributed by atoms with Gasteiger partial charge >= 0.3 is 0 Å². The summed E-state index contributed by atoms with van der Waals surface area (Å²) in [5.74, 6) is -0.272. The van der Waals surface area contributed by atoms with E-state index in [1.165, 1.54) is 47.8 Å². The molecule has 1 N–H and O–H groups in total. The van der Waals surface area contributed by atoms with Crippen molar-refractivity contribution in [2.24, 2.45) is 7.05 Å². The number of aromatic nitrogens is 2. The van der Waals surface area contributed by atoms with Gasteiger partial charge in [0.05, 0.1) is 6.04 Å². The van der Waals surface area contributed by atoms with Gasteiger partial charge in [-0.05, 0) is 55.4 Å². The van der Waals surface area contributed by atoms with E-state index >= 15 is 0 Å². The number of hydrogen-bond acceptors (Lipinski definition) is 3. The van der Waals surface area contributed by atoms with Gasteiger partial charge in [-0.25, -0.2) is 4.68 Å². The summed E-state index contributed by atoms with van der Waals surface area (Å²) in [4.78, 5) is 23.6. The Bertz CT molecular complexity index is 795. The molecule has 1 aromatic carbocycles. The number of nitrogens with zero attached hydrogens (tertiary/aromatic N) is 2. The molecule has 1 aromatic heterocycles. The number of aryl methyl sites for hydroxylation is 3. The van der Waals surface area contributed by atoms with E-state index in [2.05, 4.69) is 28.6 Å². The van der Waals surface area contributed by atoms with Crippen LogP contribution < -0.4 is 10.9 Å². The van der Waals surface area contributed by atoms with E-state index in [1.807, 2.05) is 6.92 Å². The maximum absolute atomic E-state index is 12.3. The third kappa shape index (κ3) is 3.33. The van der Waals surface area contributed by atoms with E-state index in [0.29, 0.717) is 0 Å². The highest BCUT2D eigenvalue weighted by atomic mass is 16.2. The Balaban J connectivity index is 1.75. The predicted octanol–water partition coefficient (Wildman–Crippen LogP) is 2.15. The van der Waals surface area contributed by atoms with Crippen molar-refractivity contribution in [3.8, 4) is 0 Å². The second kappa shape index (κ2) is 6.36. The molecule has 1 amide bonds. The van der Waals surface area contributed by atoms with Crippen molar-refractivity contribution in [2.75, 3.05) is 0 Å². The van der Waals surface area contributed by atoms with Gasteiger partial charge in [-0.1, -0.05) is 18.2 Å². The lowest BCUT2D eigenvalue weighted by Crippen LogP contribution is -2.30. The average Bonchev–Trinajstić information content (AvgIpc) is 2.56. The smallest absolute Gasteiger partial charge is 0.272 e. The maximum atomic E-state index is 12.3. The summed E-state index contributed by atoms with van der Waals surface area (Å²) in [5.41, 5.74) is 3.94. The Morgan fingerprint density at radius 3 is 2.65 bits per heavy atom. The predicted molar refractivity (Wildman–Crippen MR) is 88.4 cm³/mol.